The molecule has 1 aliphatic heterocycles. The van der Waals surface area contributed by atoms with Crippen LogP contribution in [0.1, 0.15) is 30.6 Å². The highest BCUT2D eigenvalue weighted by Crippen LogP contribution is 2.31. The average Bonchev–Trinajstić information content (AvgIpc) is 2.61. The number of fused-ring (bicyclic) bond motifs is 1. The molecule has 0 spiro atoms. The third-order valence-corrected chi connectivity index (χ3v) is 3.03. The molecule has 0 radical (unpaired) electrons. The fraction of sp³-hybridized carbons (Fsp3) is 0.357. The van der Waals surface area contributed by atoms with E-state index in [-0.39, 0.29) is 36.2 Å². The average molecular weight is 296 g/mol. The highest BCUT2D eigenvalue weighted by atomic mass is 19.2. The van der Waals surface area contributed by atoms with E-state index in [0.29, 0.717) is 6.07 Å². The second-order valence-electron chi connectivity index (χ2n) is 5.04. The smallest absolute Gasteiger partial charge is 0.299 e. The van der Waals surface area contributed by atoms with Crippen molar-refractivity contribution >= 4 is 23.3 Å². The normalized spacial score (nSPS) is 13.9. The maximum Gasteiger partial charge on any atom is 0.299 e. The Labute approximate surface area is 119 Å². The van der Waals surface area contributed by atoms with E-state index in [4.69, 9.17) is 0 Å². The van der Waals surface area contributed by atoms with Gasteiger partial charge in [-0.15, -0.1) is 0 Å². The number of nitrogens with one attached hydrogen (secondary N) is 1. The number of Topliss-reactive ketones (excluding diaryl/α,β-unsaturated/α-hetero) is 1. The quantitative estimate of drug-likeness (QED) is 0.854. The SMILES string of the molecule is CC(C)NC(=O)CCN1C(=O)C(=O)c2cc(F)c(F)cc21. The van der Waals surface area contributed by atoms with Crippen molar-refractivity contribution in [3.05, 3.63) is 29.3 Å². The Hall–Kier alpha value is -2.31. The second kappa shape index (κ2) is 5.59. The molecule has 1 aliphatic rings. The third-order valence-electron chi connectivity index (χ3n) is 3.03. The van der Waals surface area contributed by atoms with Crippen molar-refractivity contribution in [1.29, 1.82) is 0 Å². The Morgan fingerprint density at radius 1 is 1.24 bits per heavy atom. The minimum atomic E-state index is -1.19. The summed E-state index contributed by atoms with van der Waals surface area (Å²) in [5.41, 5.74) is -0.176. The summed E-state index contributed by atoms with van der Waals surface area (Å²) in [5, 5.41) is 2.64. The number of amides is 2. The molecule has 1 aromatic rings. The van der Waals surface area contributed by atoms with Crippen LogP contribution in [0.4, 0.5) is 14.5 Å². The monoisotopic (exact) mass is 296 g/mol. The number of rotatable bonds is 4. The first-order valence-corrected chi connectivity index (χ1v) is 6.46. The zero-order chi connectivity index (χ0) is 15.7. The van der Waals surface area contributed by atoms with Gasteiger partial charge in [-0.2, -0.15) is 0 Å². The summed E-state index contributed by atoms with van der Waals surface area (Å²) < 4.78 is 26.4. The molecule has 0 atom stereocenters. The fourth-order valence-electron chi connectivity index (χ4n) is 2.12. The van der Waals surface area contributed by atoms with E-state index in [1.54, 1.807) is 13.8 Å². The highest BCUT2D eigenvalue weighted by molar-refractivity contribution is 6.52. The Bertz CT molecular complexity index is 629. The molecule has 112 valence electrons. The summed E-state index contributed by atoms with van der Waals surface area (Å²) in [6, 6.07) is 1.46. The Kier molecular flexibility index (Phi) is 4.02. The zero-order valence-electron chi connectivity index (χ0n) is 11.6. The number of nitrogens with zero attached hydrogens (tertiary/aromatic N) is 1. The largest absolute Gasteiger partial charge is 0.354 e. The van der Waals surface area contributed by atoms with Crippen molar-refractivity contribution in [3.8, 4) is 0 Å². The molecule has 1 aromatic carbocycles. The number of halogens is 2. The summed E-state index contributed by atoms with van der Waals surface area (Å²) in [6.45, 7) is 3.51. The number of anilines is 1. The Morgan fingerprint density at radius 3 is 2.48 bits per heavy atom. The molecule has 5 nitrogen and oxygen atoms in total. The van der Waals surface area contributed by atoms with Gasteiger partial charge in [0.2, 0.25) is 5.91 Å². The molecule has 0 fully saturated rings. The van der Waals surface area contributed by atoms with Gasteiger partial charge in [0.25, 0.3) is 11.7 Å². The Balaban J connectivity index is 2.19. The van der Waals surface area contributed by atoms with Crippen molar-refractivity contribution in [2.45, 2.75) is 26.3 Å². The lowest BCUT2D eigenvalue weighted by Crippen LogP contribution is -2.36. The number of carbonyl (C=O) groups is 3. The minimum Gasteiger partial charge on any atom is -0.354 e. The zero-order valence-corrected chi connectivity index (χ0v) is 11.6. The van der Waals surface area contributed by atoms with E-state index in [1.807, 2.05) is 0 Å². The van der Waals surface area contributed by atoms with Crippen LogP contribution in [0, 0.1) is 11.6 Å². The molecule has 0 saturated carbocycles. The molecule has 0 bridgehead atoms. The summed E-state index contributed by atoms with van der Waals surface area (Å²) >= 11 is 0. The van der Waals surface area contributed by atoms with Gasteiger partial charge in [-0.05, 0) is 19.9 Å². The van der Waals surface area contributed by atoms with Crippen LogP contribution < -0.4 is 10.2 Å². The number of hydrogen-bond donors (Lipinski definition) is 1. The van der Waals surface area contributed by atoms with Gasteiger partial charge in [0.1, 0.15) is 0 Å². The predicted molar refractivity (Wildman–Crippen MR) is 70.9 cm³/mol. The number of carbonyl (C=O) groups excluding carboxylic acids is 3. The highest BCUT2D eigenvalue weighted by Gasteiger charge is 2.37. The van der Waals surface area contributed by atoms with Crippen LogP contribution in [0.5, 0.6) is 0 Å². The van der Waals surface area contributed by atoms with Gasteiger partial charge in [0, 0.05) is 25.1 Å². The molecule has 0 unspecified atom stereocenters. The molecule has 1 heterocycles. The lowest BCUT2D eigenvalue weighted by Gasteiger charge is -2.17. The van der Waals surface area contributed by atoms with Gasteiger partial charge in [0.05, 0.1) is 11.3 Å². The number of hydrogen-bond acceptors (Lipinski definition) is 3. The van der Waals surface area contributed by atoms with Crippen molar-refractivity contribution in [2.24, 2.45) is 0 Å². The van der Waals surface area contributed by atoms with Crippen molar-refractivity contribution in [2.75, 3.05) is 11.4 Å². The van der Waals surface area contributed by atoms with Crippen LogP contribution in [0.3, 0.4) is 0 Å². The minimum absolute atomic E-state index is 0.00115. The molecule has 1 N–H and O–H groups in total. The third kappa shape index (κ3) is 2.91. The lowest BCUT2D eigenvalue weighted by molar-refractivity contribution is -0.121. The lowest BCUT2D eigenvalue weighted by atomic mass is 10.1. The standard InChI is InChI=1S/C14H14F2N2O3/c1-7(2)17-12(19)3-4-18-11-6-10(16)9(15)5-8(11)13(20)14(18)21/h5-7H,3-4H2,1-2H3,(H,17,19). The summed E-state index contributed by atoms with van der Waals surface area (Å²) in [5.74, 6) is -4.40. The van der Waals surface area contributed by atoms with E-state index in [9.17, 15) is 23.2 Å². The van der Waals surface area contributed by atoms with Crippen LogP contribution in [0.15, 0.2) is 12.1 Å². The van der Waals surface area contributed by atoms with Crippen molar-refractivity contribution in [3.63, 3.8) is 0 Å². The Morgan fingerprint density at radius 2 is 1.86 bits per heavy atom. The molecule has 21 heavy (non-hydrogen) atoms. The van der Waals surface area contributed by atoms with E-state index in [0.717, 1.165) is 11.0 Å². The van der Waals surface area contributed by atoms with Crippen LogP contribution in [-0.2, 0) is 9.59 Å². The van der Waals surface area contributed by atoms with Gasteiger partial charge in [-0.25, -0.2) is 8.78 Å². The number of ketones is 1. The first-order valence-electron chi connectivity index (χ1n) is 6.46. The van der Waals surface area contributed by atoms with Crippen LogP contribution >= 0.6 is 0 Å². The van der Waals surface area contributed by atoms with Crippen LogP contribution in [-0.4, -0.2) is 30.2 Å². The molecular weight excluding hydrogens is 282 g/mol. The summed E-state index contributed by atoms with van der Waals surface area (Å²) in [7, 11) is 0. The second-order valence-corrected chi connectivity index (χ2v) is 5.04. The summed E-state index contributed by atoms with van der Waals surface area (Å²) in [4.78, 5) is 36.1. The number of benzene rings is 1. The van der Waals surface area contributed by atoms with Gasteiger partial charge in [0.15, 0.2) is 11.6 Å². The van der Waals surface area contributed by atoms with E-state index in [1.165, 1.54) is 0 Å². The first kappa shape index (κ1) is 15.1. The molecule has 0 saturated heterocycles. The maximum atomic E-state index is 13.3. The molecule has 0 aromatic heterocycles. The van der Waals surface area contributed by atoms with Crippen LogP contribution in [0.2, 0.25) is 0 Å². The topological polar surface area (TPSA) is 66.5 Å². The van der Waals surface area contributed by atoms with E-state index >= 15 is 0 Å². The van der Waals surface area contributed by atoms with E-state index < -0.39 is 23.3 Å². The molecule has 0 aliphatic carbocycles. The van der Waals surface area contributed by atoms with E-state index in [2.05, 4.69) is 5.32 Å². The van der Waals surface area contributed by atoms with Gasteiger partial charge >= 0.3 is 0 Å². The summed E-state index contributed by atoms with van der Waals surface area (Å²) in [6.07, 6.45) is -0.0321. The molecule has 2 rings (SSSR count). The van der Waals surface area contributed by atoms with Gasteiger partial charge < -0.3 is 10.2 Å². The predicted octanol–water partition coefficient (Wildman–Crippen LogP) is 1.41. The van der Waals surface area contributed by atoms with Crippen molar-refractivity contribution in [1.82, 2.24) is 5.32 Å². The van der Waals surface area contributed by atoms with Gasteiger partial charge in [-0.1, -0.05) is 0 Å². The molecular formula is C14H14F2N2O3. The molecule has 2 amide bonds. The maximum absolute atomic E-state index is 13.3. The first-order chi connectivity index (χ1) is 9.81. The van der Waals surface area contributed by atoms with Gasteiger partial charge in [-0.3, -0.25) is 14.4 Å². The fourth-order valence-corrected chi connectivity index (χ4v) is 2.12. The molecule has 7 heteroatoms. The van der Waals surface area contributed by atoms with Crippen LogP contribution in [0.25, 0.3) is 0 Å². The van der Waals surface area contributed by atoms with Crippen molar-refractivity contribution < 1.29 is 23.2 Å².